The van der Waals surface area contributed by atoms with Gasteiger partial charge in [0, 0.05) is 44.0 Å². The standard InChI is InChI=1S/C36H44N6O5/c1-24(38-23-31(43)30-12-14-34(37)39-22-30)15-27-5-4-6-28(16-27)18-35(44)40-19-25-7-9-26(10-8-25)20-41-36(45)42-21-29-11-13-32(46-2)33(17-29)47-3/h4-14,16-17,22,24,31,38,43H,15,18-21,23H2,1-3H3,(H2,37,39)(H,40,44)(H2,41,42,45)/t24-,31+/m1/s1. The first-order valence-electron chi connectivity index (χ1n) is 15.5. The van der Waals surface area contributed by atoms with Gasteiger partial charge in [-0.1, -0.05) is 60.7 Å². The highest BCUT2D eigenvalue weighted by atomic mass is 16.5. The van der Waals surface area contributed by atoms with Crippen LogP contribution in [0.2, 0.25) is 0 Å². The number of amides is 3. The van der Waals surface area contributed by atoms with E-state index in [1.165, 1.54) is 0 Å². The number of carbonyl (C=O) groups excluding carboxylic acids is 2. The van der Waals surface area contributed by atoms with E-state index in [9.17, 15) is 14.7 Å². The first-order chi connectivity index (χ1) is 22.7. The third-order valence-corrected chi connectivity index (χ3v) is 7.62. The summed E-state index contributed by atoms with van der Waals surface area (Å²) >= 11 is 0. The van der Waals surface area contributed by atoms with Crippen LogP contribution in [0.5, 0.6) is 11.5 Å². The van der Waals surface area contributed by atoms with Crippen molar-refractivity contribution in [3.8, 4) is 11.5 Å². The Bertz CT molecular complexity index is 1600. The van der Waals surface area contributed by atoms with Crippen LogP contribution >= 0.6 is 0 Å². The lowest BCUT2D eigenvalue weighted by atomic mass is 10.0. The molecular weight excluding hydrogens is 596 g/mol. The Hall–Kier alpha value is -5.13. The Morgan fingerprint density at radius 2 is 1.43 bits per heavy atom. The van der Waals surface area contributed by atoms with Crippen LogP contribution in [0.1, 0.15) is 46.4 Å². The van der Waals surface area contributed by atoms with E-state index in [0.29, 0.717) is 49.1 Å². The summed E-state index contributed by atoms with van der Waals surface area (Å²) in [6, 6.07) is 24.5. The number of urea groups is 1. The minimum absolute atomic E-state index is 0.0644. The zero-order valence-electron chi connectivity index (χ0n) is 27.1. The summed E-state index contributed by atoms with van der Waals surface area (Å²) < 4.78 is 10.6. The van der Waals surface area contributed by atoms with E-state index in [2.05, 4.69) is 33.2 Å². The molecule has 11 nitrogen and oxygen atoms in total. The summed E-state index contributed by atoms with van der Waals surface area (Å²) in [6.07, 6.45) is 1.94. The maximum Gasteiger partial charge on any atom is 0.315 e. The summed E-state index contributed by atoms with van der Waals surface area (Å²) in [5.41, 5.74) is 11.2. The van der Waals surface area contributed by atoms with Crippen LogP contribution in [0.3, 0.4) is 0 Å². The Balaban J connectivity index is 1.15. The maximum absolute atomic E-state index is 12.7. The molecule has 248 valence electrons. The molecule has 0 unspecified atom stereocenters. The minimum Gasteiger partial charge on any atom is -0.493 e. The van der Waals surface area contributed by atoms with Crippen LogP contribution in [0.25, 0.3) is 0 Å². The van der Waals surface area contributed by atoms with Crippen molar-refractivity contribution in [2.24, 2.45) is 0 Å². The quantitative estimate of drug-likeness (QED) is 0.108. The molecule has 3 aromatic carbocycles. The smallest absolute Gasteiger partial charge is 0.315 e. The number of anilines is 1. The van der Waals surface area contributed by atoms with Crippen molar-refractivity contribution in [2.45, 2.75) is 51.5 Å². The number of nitrogens with one attached hydrogen (secondary N) is 4. The first kappa shape index (κ1) is 34.7. The van der Waals surface area contributed by atoms with Gasteiger partial charge in [0.1, 0.15) is 5.82 Å². The predicted molar refractivity (Wildman–Crippen MR) is 182 cm³/mol. The molecule has 0 bridgehead atoms. The number of hydrogen-bond donors (Lipinski definition) is 6. The molecule has 3 amide bonds. The zero-order valence-corrected chi connectivity index (χ0v) is 27.1. The van der Waals surface area contributed by atoms with Crippen LogP contribution in [-0.4, -0.2) is 48.8 Å². The van der Waals surface area contributed by atoms with Gasteiger partial charge in [0.05, 0.1) is 26.7 Å². The average Bonchev–Trinajstić information content (AvgIpc) is 3.08. The van der Waals surface area contributed by atoms with E-state index in [4.69, 9.17) is 15.2 Å². The number of aliphatic hydroxyl groups excluding tert-OH is 1. The zero-order chi connectivity index (χ0) is 33.6. The highest BCUT2D eigenvalue weighted by Crippen LogP contribution is 2.27. The van der Waals surface area contributed by atoms with Crippen LogP contribution in [0.15, 0.2) is 85.1 Å². The fourth-order valence-corrected chi connectivity index (χ4v) is 4.98. The summed E-state index contributed by atoms with van der Waals surface area (Å²) in [5, 5.41) is 22.5. The molecule has 2 atom stereocenters. The monoisotopic (exact) mass is 640 g/mol. The fourth-order valence-electron chi connectivity index (χ4n) is 4.98. The van der Waals surface area contributed by atoms with Gasteiger partial charge in [0.2, 0.25) is 5.91 Å². The van der Waals surface area contributed by atoms with Crippen molar-refractivity contribution in [1.29, 1.82) is 0 Å². The summed E-state index contributed by atoms with van der Waals surface area (Å²) in [4.78, 5) is 29.0. The summed E-state index contributed by atoms with van der Waals surface area (Å²) in [5.74, 6) is 1.59. The maximum atomic E-state index is 12.7. The molecule has 0 saturated heterocycles. The molecular formula is C36H44N6O5. The van der Waals surface area contributed by atoms with Crippen molar-refractivity contribution in [3.63, 3.8) is 0 Å². The predicted octanol–water partition coefficient (Wildman–Crippen LogP) is 3.79. The number of hydrogen-bond acceptors (Lipinski definition) is 8. The number of carbonyl (C=O) groups is 2. The topological polar surface area (TPSA) is 160 Å². The molecule has 0 spiro atoms. The number of ether oxygens (including phenoxy) is 2. The fraction of sp³-hybridized carbons (Fsp3) is 0.306. The number of aromatic nitrogens is 1. The lowest BCUT2D eigenvalue weighted by Crippen LogP contribution is -2.34. The molecule has 4 aromatic rings. The molecule has 0 saturated carbocycles. The third-order valence-electron chi connectivity index (χ3n) is 7.62. The van der Waals surface area contributed by atoms with E-state index < -0.39 is 6.10 Å². The van der Waals surface area contributed by atoms with Gasteiger partial charge >= 0.3 is 6.03 Å². The average molecular weight is 641 g/mol. The number of nitrogen functional groups attached to an aromatic ring is 1. The van der Waals surface area contributed by atoms with Crippen molar-refractivity contribution < 1.29 is 24.2 Å². The molecule has 11 heteroatoms. The lowest BCUT2D eigenvalue weighted by Gasteiger charge is -2.18. The van der Waals surface area contributed by atoms with E-state index in [1.807, 2.05) is 60.7 Å². The molecule has 1 heterocycles. The van der Waals surface area contributed by atoms with Gasteiger partial charge in [-0.15, -0.1) is 0 Å². The number of pyridine rings is 1. The number of methoxy groups -OCH3 is 2. The van der Waals surface area contributed by atoms with Gasteiger partial charge in [-0.3, -0.25) is 4.79 Å². The summed E-state index contributed by atoms with van der Waals surface area (Å²) in [7, 11) is 3.15. The normalized spacial score (nSPS) is 12.1. The molecule has 0 radical (unpaired) electrons. The van der Waals surface area contributed by atoms with Gasteiger partial charge in [0.25, 0.3) is 0 Å². The molecule has 1 aromatic heterocycles. The van der Waals surface area contributed by atoms with Crippen LogP contribution < -0.4 is 36.5 Å². The third kappa shape index (κ3) is 11.3. The largest absolute Gasteiger partial charge is 0.493 e. The highest BCUT2D eigenvalue weighted by molar-refractivity contribution is 5.78. The molecule has 0 aliphatic rings. The lowest BCUT2D eigenvalue weighted by molar-refractivity contribution is -0.120. The van der Waals surface area contributed by atoms with Crippen molar-refractivity contribution >= 4 is 17.8 Å². The molecule has 4 rings (SSSR count). The highest BCUT2D eigenvalue weighted by Gasteiger charge is 2.12. The van der Waals surface area contributed by atoms with Gasteiger partial charge in [-0.25, -0.2) is 9.78 Å². The second-order valence-electron chi connectivity index (χ2n) is 11.4. The molecule has 0 aliphatic carbocycles. The van der Waals surface area contributed by atoms with Crippen molar-refractivity contribution in [1.82, 2.24) is 26.3 Å². The second kappa shape index (κ2) is 17.5. The molecule has 0 aliphatic heterocycles. The molecule has 7 N–H and O–H groups in total. The summed E-state index contributed by atoms with van der Waals surface area (Å²) in [6.45, 7) is 3.58. The number of aliphatic hydroxyl groups is 1. The number of benzene rings is 3. The van der Waals surface area contributed by atoms with Gasteiger partial charge < -0.3 is 41.6 Å². The first-order valence-corrected chi connectivity index (χ1v) is 15.5. The van der Waals surface area contributed by atoms with Crippen LogP contribution in [0, 0.1) is 0 Å². The number of nitrogens with zero attached hydrogens (tertiary/aromatic N) is 1. The van der Waals surface area contributed by atoms with Crippen molar-refractivity contribution in [2.75, 3.05) is 26.5 Å². The van der Waals surface area contributed by atoms with Gasteiger partial charge in [-0.05, 0) is 59.4 Å². The molecule has 0 fully saturated rings. The molecule has 47 heavy (non-hydrogen) atoms. The van der Waals surface area contributed by atoms with Crippen LogP contribution in [0.4, 0.5) is 10.6 Å². The van der Waals surface area contributed by atoms with E-state index in [0.717, 1.165) is 34.2 Å². The number of nitrogens with two attached hydrogens (primary N) is 1. The Labute approximate surface area is 275 Å². The van der Waals surface area contributed by atoms with Gasteiger partial charge in [-0.2, -0.15) is 0 Å². The SMILES string of the molecule is COc1ccc(CNC(=O)NCc2ccc(CNC(=O)Cc3cccc(C[C@@H](C)NC[C@H](O)c4ccc(N)nc4)c3)cc2)cc1OC. The van der Waals surface area contributed by atoms with E-state index in [-0.39, 0.29) is 24.4 Å². The Kier molecular flexibility index (Phi) is 13.0. The Morgan fingerprint density at radius 1 is 0.787 bits per heavy atom. The van der Waals surface area contributed by atoms with E-state index in [1.54, 1.807) is 38.6 Å². The number of rotatable bonds is 16. The minimum atomic E-state index is -0.679. The Morgan fingerprint density at radius 3 is 2.09 bits per heavy atom. The second-order valence-corrected chi connectivity index (χ2v) is 11.4. The van der Waals surface area contributed by atoms with Gasteiger partial charge in [0.15, 0.2) is 11.5 Å². The van der Waals surface area contributed by atoms with Crippen LogP contribution in [-0.2, 0) is 37.3 Å². The van der Waals surface area contributed by atoms with E-state index >= 15 is 0 Å². The van der Waals surface area contributed by atoms with Crippen molar-refractivity contribution in [3.05, 3.63) is 118 Å².